The third-order valence-electron chi connectivity index (χ3n) is 8.88. The average Bonchev–Trinajstić information content (AvgIpc) is 3.71. The van der Waals surface area contributed by atoms with E-state index in [0.29, 0.717) is 6.04 Å². The Kier molecular flexibility index (Phi) is 10.6. The molecule has 44 heavy (non-hydrogen) atoms. The van der Waals surface area contributed by atoms with Crippen molar-refractivity contribution in [3.05, 3.63) is 82.3 Å². The summed E-state index contributed by atoms with van der Waals surface area (Å²) in [6.07, 6.45) is 10.2. The fourth-order valence-corrected chi connectivity index (χ4v) is 7.86. The van der Waals surface area contributed by atoms with Gasteiger partial charge in [0.05, 0.1) is 11.0 Å². The number of hydrogen-bond donors (Lipinski definition) is 0. The van der Waals surface area contributed by atoms with Gasteiger partial charge in [-0.25, -0.2) is 15.0 Å². The topological polar surface area (TPSA) is 70.4 Å². The number of halogens is 1. The van der Waals surface area contributed by atoms with E-state index in [1.807, 2.05) is 23.1 Å². The summed E-state index contributed by atoms with van der Waals surface area (Å²) >= 11 is 5.36. The number of amides is 1. The van der Waals surface area contributed by atoms with E-state index in [0.717, 1.165) is 96.2 Å². The molecule has 8 nitrogen and oxygen atoms in total. The molecule has 2 fully saturated rings. The first kappa shape index (κ1) is 31.2. The minimum absolute atomic E-state index is 0.133. The molecule has 232 valence electrons. The monoisotopic (exact) mass is 675 g/mol. The largest absolute Gasteiger partial charge is 0.339 e. The van der Waals surface area contributed by atoms with E-state index in [4.69, 9.17) is 4.98 Å². The first-order chi connectivity index (χ1) is 21.5. The molecule has 0 bridgehead atoms. The number of hydrogen-bond acceptors (Lipinski definition) is 7. The number of benzene rings is 2. The van der Waals surface area contributed by atoms with Gasteiger partial charge in [0.2, 0.25) is 0 Å². The molecule has 2 aromatic carbocycles. The van der Waals surface area contributed by atoms with Gasteiger partial charge in [-0.05, 0) is 101 Å². The van der Waals surface area contributed by atoms with E-state index in [-0.39, 0.29) is 5.91 Å². The highest BCUT2D eigenvalue weighted by Crippen LogP contribution is 2.29. The molecule has 6 rings (SSSR count). The lowest BCUT2D eigenvalue weighted by Crippen LogP contribution is -2.45. The summed E-state index contributed by atoms with van der Waals surface area (Å²) in [5.74, 6) is 1.85. The van der Waals surface area contributed by atoms with Gasteiger partial charge in [-0.1, -0.05) is 39.8 Å². The van der Waals surface area contributed by atoms with Gasteiger partial charge in [-0.15, -0.1) is 0 Å². The summed E-state index contributed by atoms with van der Waals surface area (Å²) in [7, 11) is 2.16. The standard InChI is InChI=1S/C34H42BrN7OS/c1-39(20-13-32-36-14-5-15-37-32)16-6-19-42-31-10-9-27(33(43)41-21-11-29(12-22-41)40-17-2-3-18-40)24-30(31)38-34(42)44-25-26-7-4-8-28(35)23-26/h4-5,7-10,14-15,23-24,29H,2-3,6,11-13,16-22,25H2,1H3. The maximum absolute atomic E-state index is 13.6. The number of aryl methyl sites for hydroxylation is 1. The molecule has 1 amide bonds. The number of piperidine rings is 1. The molecule has 0 spiro atoms. The van der Waals surface area contributed by atoms with Crippen molar-refractivity contribution in [2.45, 2.75) is 62.0 Å². The summed E-state index contributed by atoms with van der Waals surface area (Å²) in [6, 6.07) is 17.0. The molecule has 2 aliphatic rings. The second kappa shape index (κ2) is 15.0. The Morgan fingerprint density at radius 1 is 1.00 bits per heavy atom. The molecular weight excluding hydrogens is 634 g/mol. The fraction of sp³-hybridized carbons (Fsp3) is 0.471. The van der Waals surface area contributed by atoms with E-state index in [2.05, 4.69) is 77.6 Å². The highest BCUT2D eigenvalue weighted by atomic mass is 79.9. The Morgan fingerprint density at radius 2 is 1.80 bits per heavy atom. The van der Waals surface area contributed by atoms with Crippen LogP contribution in [0.3, 0.4) is 0 Å². The molecular formula is C34H42BrN7OS. The van der Waals surface area contributed by atoms with Crippen LogP contribution in [0.25, 0.3) is 11.0 Å². The lowest BCUT2D eigenvalue weighted by atomic mass is 10.0. The quantitative estimate of drug-likeness (QED) is 0.167. The van der Waals surface area contributed by atoms with Crippen LogP contribution < -0.4 is 0 Å². The van der Waals surface area contributed by atoms with Gasteiger partial charge in [0.1, 0.15) is 5.82 Å². The number of aromatic nitrogens is 4. The second-order valence-electron chi connectivity index (χ2n) is 12.0. The highest BCUT2D eigenvalue weighted by molar-refractivity contribution is 9.10. The molecule has 0 radical (unpaired) electrons. The number of likely N-dealkylation sites (N-methyl/N-ethyl adjacent to an activating group) is 1. The third-order valence-corrected chi connectivity index (χ3v) is 10.4. The third kappa shape index (κ3) is 7.88. The minimum Gasteiger partial charge on any atom is -0.339 e. The first-order valence-corrected chi connectivity index (χ1v) is 17.7. The molecule has 10 heteroatoms. The Hall–Kier alpha value is -2.79. The van der Waals surface area contributed by atoms with E-state index in [9.17, 15) is 4.79 Å². The number of rotatable bonds is 12. The number of thioether (sulfide) groups is 1. The Balaban J connectivity index is 1.13. The number of carbonyl (C=O) groups is 1. The van der Waals surface area contributed by atoms with Gasteiger partial charge in [0, 0.05) is 66.8 Å². The molecule has 0 atom stereocenters. The van der Waals surface area contributed by atoms with Crippen molar-refractivity contribution in [1.82, 2.24) is 34.2 Å². The summed E-state index contributed by atoms with van der Waals surface area (Å²) in [5, 5.41) is 0.997. The maximum atomic E-state index is 13.6. The molecule has 0 unspecified atom stereocenters. The summed E-state index contributed by atoms with van der Waals surface area (Å²) in [6.45, 7) is 6.86. The van der Waals surface area contributed by atoms with Crippen molar-refractivity contribution >= 4 is 44.6 Å². The molecule has 2 saturated heterocycles. The Bertz CT molecular complexity index is 1530. The second-order valence-corrected chi connectivity index (χ2v) is 13.9. The number of imidazole rings is 1. The summed E-state index contributed by atoms with van der Waals surface area (Å²) in [4.78, 5) is 34.4. The zero-order chi connectivity index (χ0) is 30.3. The average molecular weight is 677 g/mol. The SMILES string of the molecule is CN(CCCn1c(SCc2cccc(Br)c2)nc2cc(C(=O)N3CCC(N4CCCC4)CC3)ccc21)CCc1ncccn1. The zero-order valence-corrected chi connectivity index (χ0v) is 28.0. The number of fused-ring (bicyclic) bond motifs is 1. The molecule has 4 heterocycles. The van der Waals surface area contributed by atoms with Gasteiger partial charge in [0.15, 0.2) is 5.16 Å². The summed E-state index contributed by atoms with van der Waals surface area (Å²) < 4.78 is 3.42. The fourth-order valence-electron chi connectivity index (χ4n) is 6.43. The van der Waals surface area contributed by atoms with Crippen molar-refractivity contribution in [1.29, 1.82) is 0 Å². The first-order valence-electron chi connectivity index (χ1n) is 15.9. The maximum Gasteiger partial charge on any atom is 0.253 e. The predicted octanol–water partition coefficient (Wildman–Crippen LogP) is 6.15. The van der Waals surface area contributed by atoms with E-state index in [1.54, 1.807) is 24.2 Å². The van der Waals surface area contributed by atoms with Crippen LogP contribution >= 0.6 is 27.7 Å². The number of carbonyl (C=O) groups excluding carboxylic acids is 1. The van der Waals surface area contributed by atoms with Crippen LogP contribution in [0.2, 0.25) is 0 Å². The van der Waals surface area contributed by atoms with Gasteiger partial charge in [0.25, 0.3) is 5.91 Å². The van der Waals surface area contributed by atoms with Crippen LogP contribution in [0.5, 0.6) is 0 Å². The minimum atomic E-state index is 0.133. The zero-order valence-electron chi connectivity index (χ0n) is 25.6. The van der Waals surface area contributed by atoms with Crippen LogP contribution in [0.15, 0.2) is 70.6 Å². The molecule has 0 N–H and O–H groups in total. The van der Waals surface area contributed by atoms with Crippen molar-refractivity contribution in [2.24, 2.45) is 0 Å². The van der Waals surface area contributed by atoms with Crippen molar-refractivity contribution < 1.29 is 4.79 Å². The van der Waals surface area contributed by atoms with Gasteiger partial charge >= 0.3 is 0 Å². The van der Waals surface area contributed by atoms with Crippen molar-refractivity contribution in [3.8, 4) is 0 Å². The Labute approximate surface area is 273 Å². The van der Waals surface area contributed by atoms with E-state index < -0.39 is 0 Å². The van der Waals surface area contributed by atoms with Crippen LogP contribution in [0.4, 0.5) is 0 Å². The van der Waals surface area contributed by atoms with Gasteiger partial charge < -0.3 is 19.3 Å². The number of nitrogens with zero attached hydrogens (tertiary/aromatic N) is 7. The highest BCUT2D eigenvalue weighted by Gasteiger charge is 2.29. The lowest BCUT2D eigenvalue weighted by Gasteiger charge is -2.36. The normalized spacial score (nSPS) is 16.4. The van der Waals surface area contributed by atoms with Crippen LogP contribution in [0, 0.1) is 0 Å². The lowest BCUT2D eigenvalue weighted by molar-refractivity contribution is 0.0644. The molecule has 2 aromatic heterocycles. The molecule has 2 aliphatic heterocycles. The van der Waals surface area contributed by atoms with Crippen LogP contribution in [-0.2, 0) is 18.7 Å². The summed E-state index contributed by atoms with van der Waals surface area (Å²) in [5.41, 5.74) is 3.98. The van der Waals surface area contributed by atoms with Crippen molar-refractivity contribution in [2.75, 3.05) is 46.3 Å². The van der Waals surface area contributed by atoms with E-state index >= 15 is 0 Å². The van der Waals surface area contributed by atoms with Gasteiger partial charge in [-0.2, -0.15) is 0 Å². The Morgan fingerprint density at radius 3 is 2.57 bits per heavy atom. The number of likely N-dealkylation sites (tertiary alicyclic amines) is 2. The molecule has 0 saturated carbocycles. The smallest absolute Gasteiger partial charge is 0.253 e. The molecule has 4 aromatic rings. The van der Waals surface area contributed by atoms with E-state index in [1.165, 1.54) is 31.5 Å². The molecule has 0 aliphatic carbocycles. The predicted molar refractivity (Wildman–Crippen MR) is 181 cm³/mol. The van der Waals surface area contributed by atoms with Crippen molar-refractivity contribution in [3.63, 3.8) is 0 Å². The van der Waals surface area contributed by atoms with Crippen LogP contribution in [0.1, 0.15) is 53.8 Å². The van der Waals surface area contributed by atoms with Gasteiger partial charge in [-0.3, -0.25) is 4.79 Å². The van der Waals surface area contributed by atoms with Crippen LogP contribution in [-0.4, -0.2) is 92.5 Å².